The third-order valence-electron chi connectivity index (χ3n) is 3.78. The van der Waals surface area contributed by atoms with E-state index in [-0.39, 0.29) is 0 Å². The van der Waals surface area contributed by atoms with Crippen molar-refractivity contribution in [2.24, 2.45) is 5.92 Å². The summed E-state index contributed by atoms with van der Waals surface area (Å²) in [5.74, 6) is 0.576. The van der Waals surface area contributed by atoms with Crippen molar-refractivity contribution in [1.82, 2.24) is 0 Å². The van der Waals surface area contributed by atoms with E-state index in [9.17, 15) is 0 Å². The van der Waals surface area contributed by atoms with Crippen LogP contribution in [0.15, 0.2) is 42.0 Å². The summed E-state index contributed by atoms with van der Waals surface area (Å²) in [6.07, 6.45) is 10.3. The van der Waals surface area contributed by atoms with Gasteiger partial charge in [0.2, 0.25) is 0 Å². The lowest BCUT2D eigenvalue weighted by atomic mass is 9.83. The Hall–Kier alpha value is -1.55. The third-order valence-corrected chi connectivity index (χ3v) is 3.78. The highest BCUT2D eigenvalue weighted by Crippen LogP contribution is 2.29. The van der Waals surface area contributed by atoms with Gasteiger partial charge in [0.05, 0.1) is 6.07 Å². The monoisotopic (exact) mass is 239 g/mol. The van der Waals surface area contributed by atoms with Gasteiger partial charge in [-0.15, -0.1) is 0 Å². The van der Waals surface area contributed by atoms with Crippen LogP contribution in [0.2, 0.25) is 0 Å². The van der Waals surface area contributed by atoms with Crippen molar-refractivity contribution >= 4 is 0 Å². The first-order valence-corrected chi connectivity index (χ1v) is 7.00. The van der Waals surface area contributed by atoms with Crippen LogP contribution < -0.4 is 0 Å². The molecule has 0 N–H and O–H groups in total. The van der Waals surface area contributed by atoms with Crippen LogP contribution in [0, 0.1) is 17.2 Å². The largest absolute Gasteiger partial charge is 0.198 e. The second kappa shape index (κ2) is 7.01. The molecule has 0 saturated carbocycles. The first kappa shape index (κ1) is 12.9. The van der Waals surface area contributed by atoms with Crippen LogP contribution in [0.3, 0.4) is 0 Å². The Kier molecular flexibility index (Phi) is 5.02. The van der Waals surface area contributed by atoms with E-state index in [1.165, 1.54) is 31.2 Å². The van der Waals surface area contributed by atoms with Gasteiger partial charge in [0, 0.05) is 6.42 Å². The molecule has 1 aliphatic rings. The molecule has 0 heterocycles. The quantitative estimate of drug-likeness (QED) is 0.686. The minimum atomic E-state index is 0.576. The molecule has 1 aromatic carbocycles. The summed E-state index contributed by atoms with van der Waals surface area (Å²) >= 11 is 0. The maximum Gasteiger partial charge on any atom is 0.0621 e. The Morgan fingerprint density at radius 3 is 2.67 bits per heavy atom. The van der Waals surface area contributed by atoms with E-state index in [1.807, 2.05) is 0 Å². The topological polar surface area (TPSA) is 23.8 Å². The van der Waals surface area contributed by atoms with Crippen LogP contribution in [0.25, 0.3) is 0 Å². The predicted molar refractivity (Wildman–Crippen MR) is 75.0 cm³/mol. The number of nitrogens with zero attached hydrogens (tertiary/aromatic N) is 1. The van der Waals surface area contributed by atoms with Gasteiger partial charge >= 0.3 is 0 Å². The smallest absolute Gasteiger partial charge is 0.0621 e. The fraction of sp³-hybridized carbons (Fsp3) is 0.471. The maximum atomic E-state index is 8.81. The van der Waals surface area contributed by atoms with Crippen molar-refractivity contribution in [3.05, 3.63) is 47.5 Å². The molecule has 0 saturated heterocycles. The summed E-state index contributed by atoms with van der Waals surface area (Å²) in [6.45, 7) is 0. The van der Waals surface area contributed by atoms with Gasteiger partial charge in [-0.3, -0.25) is 0 Å². The van der Waals surface area contributed by atoms with Crippen molar-refractivity contribution in [1.29, 1.82) is 5.26 Å². The average molecular weight is 239 g/mol. The second-order valence-corrected chi connectivity index (χ2v) is 5.11. The minimum Gasteiger partial charge on any atom is -0.198 e. The van der Waals surface area contributed by atoms with Gasteiger partial charge in [0.15, 0.2) is 0 Å². The molecular weight excluding hydrogens is 218 g/mol. The molecule has 1 aromatic rings. The summed E-state index contributed by atoms with van der Waals surface area (Å²) in [4.78, 5) is 0. The van der Waals surface area contributed by atoms with Crippen LogP contribution in [-0.4, -0.2) is 0 Å². The maximum absolute atomic E-state index is 8.81. The number of hydrogen-bond donors (Lipinski definition) is 0. The van der Waals surface area contributed by atoms with Crippen LogP contribution in [0.1, 0.15) is 44.1 Å². The number of hydrogen-bond acceptors (Lipinski definition) is 1. The number of benzene rings is 1. The second-order valence-electron chi connectivity index (χ2n) is 5.11. The SMILES string of the molecule is N#CCCC(Cc1ccccc1)C1=CCCCC1. The Bertz CT molecular complexity index is 425. The molecule has 0 aromatic heterocycles. The summed E-state index contributed by atoms with van der Waals surface area (Å²) in [5.41, 5.74) is 2.99. The van der Waals surface area contributed by atoms with E-state index in [1.54, 1.807) is 5.57 Å². The molecule has 1 nitrogen and oxygen atoms in total. The van der Waals surface area contributed by atoms with Gasteiger partial charge in [-0.1, -0.05) is 42.0 Å². The average Bonchev–Trinajstić information content (AvgIpc) is 2.45. The van der Waals surface area contributed by atoms with Gasteiger partial charge in [-0.25, -0.2) is 0 Å². The molecule has 18 heavy (non-hydrogen) atoms. The number of nitriles is 1. The van der Waals surface area contributed by atoms with Crippen LogP contribution in [0.4, 0.5) is 0 Å². The molecule has 94 valence electrons. The first-order valence-electron chi connectivity index (χ1n) is 7.00. The summed E-state index contributed by atoms with van der Waals surface area (Å²) < 4.78 is 0. The molecule has 2 rings (SSSR count). The van der Waals surface area contributed by atoms with Gasteiger partial charge < -0.3 is 0 Å². The van der Waals surface area contributed by atoms with E-state index < -0.39 is 0 Å². The molecule has 0 radical (unpaired) electrons. The van der Waals surface area contributed by atoms with Gasteiger partial charge in [0.25, 0.3) is 0 Å². The van der Waals surface area contributed by atoms with E-state index in [0.29, 0.717) is 12.3 Å². The predicted octanol–water partition coefficient (Wildman–Crippen LogP) is 4.65. The van der Waals surface area contributed by atoms with Crippen LogP contribution in [-0.2, 0) is 6.42 Å². The number of allylic oxidation sites excluding steroid dienone is 2. The highest BCUT2D eigenvalue weighted by atomic mass is 14.3. The van der Waals surface area contributed by atoms with Gasteiger partial charge in [-0.2, -0.15) is 5.26 Å². The zero-order valence-corrected chi connectivity index (χ0v) is 10.9. The highest BCUT2D eigenvalue weighted by molar-refractivity contribution is 5.19. The van der Waals surface area contributed by atoms with Crippen molar-refractivity contribution < 1.29 is 0 Å². The molecule has 1 unspecified atom stereocenters. The zero-order chi connectivity index (χ0) is 12.6. The molecule has 0 bridgehead atoms. The molecule has 0 spiro atoms. The molecular formula is C17H21N. The summed E-state index contributed by atoms with van der Waals surface area (Å²) in [7, 11) is 0. The van der Waals surface area contributed by atoms with E-state index in [4.69, 9.17) is 5.26 Å². The Morgan fingerprint density at radius 1 is 1.17 bits per heavy atom. The zero-order valence-electron chi connectivity index (χ0n) is 10.9. The van der Waals surface area contributed by atoms with E-state index in [0.717, 1.165) is 12.8 Å². The molecule has 0 aliphatic heterocycles. The molecule has 0 amide bonds. The van der Waals surface area contributed by atoms with Crippen LogP contribution in [0.5, 0.6) is 0 Å². The van der Waals surface area contributed by atoms with Gasteiger partial charge in [0.1, 0.15) is 0 Å². The Morgan fingerprint density at radius 2 is 2.00 bits per heavy atom. The van der Waals surface area contributed by atoms with Crippen molar-refractivity contribution in [2.45, 2.75) is 44.9 Å². The third kappa shape index (κ3) is 3.74. The normalized spacial score (nSPS) is 16.7. The van der Waals surface area contributed by atoms with Crippen molar-refractivity contribution in [2.75, 3.05) is 0 Å². The Labute approximate surface area is 110 Å². The lowest BCUT2D eigenvalue weighted by Gasteiger charge is -2.22. The molecule has 1 aliphatic carbocycles. The molecule has 0 fully saturated rings. The summed E-state index contributed by atoms with van der Waals surface area (Å²) in [6, 6.07) is 13.0. The summed E-state index contributed by atoms with van der Waals surface area (Å²) in [5, 5.41) is 8.81. The minimum absolute atomic E-state index is 0.576. The molecule has 1 atom stereocenters. The van der Waals surface area contributed by atoms with E-state index in [2.05, 4.69) is 42.5 Å². The fourth-order valence-corrected chi connectivity index (χ4v) is 2.79. The first-order chi connectivity index (χ1) is 8.90. The van der Waals surface area contributed by atoms with E-state index >= 15 is 0 Å². The standard InChI is InChI=1S/C17H21N/c18-13-7-12-17(16-10-5-2-6-11-16)14-15-8-3-1-4-9-15/h1,3-4,8-10,17H,2,5-7,11-12,14H2. The number of rotatable bonds is 5. The van der Waals surface area contributed by atoms with Gasteiger partial charge in [-0.05, 0) is 50.0 Å². The highest BCUT2D eigenvalue weighted by Gasteiger charge is 2.16. The molecule has 1 heteroatoms. The Balaban J connectivity index is 2.05. The lowest BCUT2D eigenvalue weighted by molar-refractivity contribution is 0.517. The van der Waals surface area contributed by atoms with Crippen molar-refractivity contribution in [3.8, 4) is 6.07 Å². The van der Waals surface area contributed by atoms with Crippen LogP contribution >= 0.6 is 0 Å². The fourth-order valence-electron chi connectivity index (χ4n) is 2.79. The van der Waals surface area contributed by atoms with Crippen molar-refractivity contribution in [3.63, 3.8) is 0 Å². The lowest BCUT2D eigenvalue weighted by Crippen LogP contribution is -2.10.